The summed E-state index contributed by atoms with van der Waals surface area (Å²) in [6, 6.07) is 0. The third-order valence-electron chi connectivity index (χ3n) is 1.44. The van der Waals surface area contributed by atoms with Crippen molar-refractivity contribution in [2.75, 3.05) is 13.2 Å². The minimum absolute atomic E-state index is 0.0591. The first-order valence-electron chi connectivity index (χ1n) is 4.36. The van der Waals surface area contributed by atoms with E-state index in [1.165, 1.54) is 0 Å². The second kappa shape index (κ2) is 5.33. The van der Waals surface area contributed by atoms with Crippen LogP contribution in [0, 0.1) is 6.92 Å². The van der Waals surface area contributed by atoms with Crippen LogP contribution in [-0.2, 0) is 16.1 Å². The molecule has 1 aromatic rings. The van der Waals surface area contributed by atoms with Gasteiger partial charge in [0, 0.05) is 6.61 Å². The summed E-state index contributed by atoms with van der Waals surface area (Å²) >= 11 is 0. The van der Waals surface area contributed by atoms with E-state index in [0.29, 0.717) is 18.3 Å². The fourth-order valence-corrected chi connectivity index (χ4v) is 0.832. The van der Waals surface area contributed by atoms with Crippen LogP contribution in [0.5, 0.6) is 0 Å². The first-order chi connectivity index (χ1) is 6.72. The van der Waals surface area contributed by atoms with Crippen LogP contribution in [0.4, 0.5) is 0 Å². The minimum atomic E-state index is -0.192. The van der Waals surface area contributed by atoms with Crippen LogP contribution in [-0.4, -0.2) is 29.3 Å². The van der Waals surface area contributed by atoms with Gasteiger partial charge >= 0.3 is 0 Å². The molecule has 0 radical (unpaired) electrons. The maximum atomic E-state index is 11.1. The second-order valence-corrected chi connectivity index (χ2v) is 2.65. The zero-order chi connectivity index (χ0) is 10.4. The van der Waals surface area contributed by atoms with Crippen molar-refractivity contribution in [3.05, 3.63) is 11.7 Å². The summed E-state index contributed by atoms with van der Waals surface area (Å²) in [6.07, 6.45) is 0. The molecule has 14 heavy (non-hydrogen) atoms. The average molecular weight is 199 g/mol. The van der Waals surface area contributed by atoms with Crippen molar-refractivity contribution in [2.24, 2.45) is 0 Å². The van der Waals surface area contributed by atoms with Crippen molar-refractivity contribution in [1.29, 1.82) is 0 Å². The maximum Gasteiger partial charge on any atom is 0.246 e. The van der Waals surface area contributed by atoms with Gasteiger partial charge in [0.05, 0.1) is 6.54 Å². The lowest BCUT2D eigenvalue weighted by atomic mass is 10.5. The number of nitrogens with one attached hydrogen (secondary N) is 1. The summed E-state index contributed by atoms with van der Waals surface area (Å²) in [4.78, 5) is 15.0. The van der Waals surface area contributed by atoms with Gasteiger partial charge in [0.2, 0.25) is 11.8 Å². The highest BCUT2D eigenvalue weighted by molar-refractivity contribution is 5.76. The molecular weight excluding hydrogens is 186 g/mol. The molecule has 0 aliphatic rings. The first-order valence-corrected chi connectivity index (χ1v) is 4.36. The number of aromatic nitrogens is 2. The van der Waals surface area contributed by atoms with E-state index in [2.05, 4.69) is 15.5 Å². The van der Waals surface area contributed by atoms with Crippen LogP contribution in [0.15, 0.2) is 4.52 Å². The molecule has 0 fully saturated rings. The van der Waals surface area contributed by atoms with Gasteiger partial charge in [-0.3, -0.25) is 4.79 Å². The Kier molecular flexibility index (Phi) is 4.06. The molecule has 78 valence electrons. The number of hydrogen-bond donors (Lipinski definition) is 1. The summed E-state index contributed by atoms with van der Waals surface area (Å²) in [6.45, 7) is 4.37. The fourth-order valence-electron chi connectivity index (χ4n) is 0.832. The Bertz CT molecular complexity index is 298. The lowest BCUT2D eigenvalue weighted by molar-refractivity contribution is -0.125. The highest BCUT2D eigenvalue weighted by Gasteiger charge is 2.05. The zero-order valence-corrected chi connectivity index (χ0v) is 8.24. The molecule has 1 aromatic heterocycles. The molecule has 0 aromatic carbocycles. The Balaban J connectivity index is 2.23. The molecule has 0 aliphatic heterocycles. The van der Waals surface area contributed by atoms with Gasteiger partial charge in [-0.2, -0.15) is 4.98 Å². The molecule has 6 nitrogen and oxygen atoms in total. The third kappa shape index (κ3) is 3.53. The van der Waals surface area contributed by atoms with Crippen molar-refractivity contribution in [3.63, 3.8) is 0 Å². The molecule has 0 bridgehead atoms. The van der Waals surface area contributed by atoms with Gasteiger partial charge in [-0.1, -0.05) is 5.16 Å². The lowest BCUT2D eigenvalue weighted by Crippen LogP contribution is -2.27. The molecule has 0 saturated carbocycles. The standard InChI is InChI=1S/C8H13N3O3/c1-3-13-5-7(12)9-4-8-10-6(2)11-14-8/h3-5H2,1-2H3,(H,9,12). The van der Waals surface area contributed by atoms with Crippen LogP contribution in [0.3, 0.4) is 0 Å². The molecule has 1 N–H and O–H groups in total. The molecule has 0 aliphatic carbocycles. The van der Waals surface area contributed by atoms with E-state index in [0.717, 1.165) is 0 Å². The van der Waals surface area contributed by atoms with Gasteiger partial charge in [-0.25, -0.2) is 0 Å². The molecule has 6 heteroatoms. The first kappa shape index (κ1) is 10.6. The Morgan fingerprint density at radius 1 is 1.64 bits per heavy atom. The molecular formula is C8H13N3O3. The second-order valence-electron chi connectivity index (χ2n) is 2.65. The van der Waals surface area contributed by atoms with Crippen molar-refractivity contribution >= 4 is 5.91 Å². The predicted molar refractivity (Wildman–Crippen MR) is 47.4 cm³/mol. The molecule has 0 saturated heterocycles. The summed E-state index contributed by atoms with van der Waals surface area (Å²) < 4.78 is 9.71. The number of aryl methyl sites for hydroxylation is 1. The predicted octanol–water partition coefficient (Wildman–Crippen LogP) is 0.0307. The van der Waals surface area contributed by atoms with E-state index in [-0.39, 0.29) is 19.1 Å². The number of amides is 1. The Hall–Kier alpha value is -1.43. The quantitative estimate of drug-likeness (QED) is 0.724. The van der Waals surface area contributed by atoms with Crippen molar-refractivity contribution in [2.45, 2.75) is 20.4 Å². The Morgan fingerprint density at radius 2 is 2.43 bits per heavy atom. The van der Waals surface area contributed by atoms with Gasteiger partial charge in [-0.05, 0) is 13.8 Å². The van der Waals surface area contributed by atoms with E-state index in [1.807, 2.05) is 6.92 Å². The van der Waals surface area contributed by atoms with Crippen molar-refractivity contribution in [3.8, 4) is 0 Å². The van der Waals surface area contributed by atoms with E-state index in [4.69, 9.17) is 9.26 Å². The largest absolute Gasteiger partial charge is 0.372 e. The normalized spacial score (nSPS) is 10.1. The number of carbonyl (C=O) groups is 1. The van der Waals surface area contributed by atoms with E-state index in [9.17, 15) is 4.79 Å². The topological polar surface area (TPSA) is 77.2 Å². The van der Waals surface area contributed by atoms with Crippen LogP contribution in [0.25, 0.3) is 0 Å². The van der Waals surface area contributed by atoms with Gasteiger partial charge in [0.25, 0.3) is 0 Å². The molecule has 0 atom stereocenters. The summed E-state index contributed by atoms with van der Waals surface area (Å²) in [7, 11) is 0. The smallest absolute Gasteiger partial charge is 0.246 e. The maximum absolute atomic E-state index is 11.1. The number of hydrogen-bond acceptors (Lipinski definition) is 5. The molecule has 0 spiro atoms. The zero-order valence-electron chi connectivity index (χ0n) is 8.24. The highest BCUT2D eigenvalue weighted by Crippen LogP contribution is 1.94. The summed E-state index contributed by atoms with van der Waals surface area (Å²) in [5, 5.41) is 6.17. The number of rotatable bonds is 5. The van der Waals surface area contributed by atoms with Gasteiger partial charge in [0.15, 0.2) is 5.82 Å². The van der Waals surface area contributed by atoms with E-state index >= 15 is 0 Å². The van der Waals surface area contributed by atoms with Gasteiger partial charge in [-0.15, -0.1) is 0 Å². The summed E-state index contributed by atoms with van der Waals surface area (Å²) in [5.74, 6) is 0.758. The highest BCUT2D eigenvalue weighted by atomic mass is 16.5. The fraction of sp³-hybridized carbons (Fsp3) is 0.625. The van der Waals surface area contributed by atoms with Crippen LogP contribution < -0.4 is 5.32 Å². The molecule has 1 rings (SSSR count). The molecule has 1 amide bonds. The Labute approximate surface area is 81.6 Å². The van der Waals surface area contributed by atoms with E-state index in [1.54, 1.807) is 6.92 Å². The van der Waals surface area contributed by atoms with Crippen LogP contribution >= 0.6 is 0 Å². The number of carbonyl (C=O) groups excluding carboxylic acids is 1. The lowest BCUT2D eigenvalue weighted by Gasteiger charge is -2.01. The van der Waals surface area contributed by atoms with Gasteiger partial charge < -0.3 is 14.6 Å². The van der Waals surface area contributed by atoms with Crippen LogP contribution in [0.1, 0.15) is 18.6 Å². The number of ether oxygens (including phenoxy) is 1. The number of nitrogens with zero attached hydrogens (tertiary/aromatic N) is 2. The van der Waals surface area contributed by atoms with E-state index < -0.39 is 0 Å². The van der Waals surface area contributed by atoms with Crippen molar-refractivity contribution in [1.82, 2.24) is 15.5 Å². The Morgan fingerprint density at radius 3 is 3.00 bits per heavy atom. The van der Waals surface area contributed by atoms with Crippen molar-refractivity contribution < 1.29 is 14.1 Å². The minimum Gasteiger partial charge on any atom is -0.372 e. The molecule has 0 unspecified atom stereocenters. The monoisotopic (exact) mass is 199 g/mol. The molecule has 1 heterocycles. The SMILES string of the molecule is CCOCC(=O)NCc1nc(C)no1. The average Bonchev–Trinajstić information content (AvgIpc) is 2.58. The van der Waals surface area contributed by atoms with Gasteiger partial charge in [0.1, 0.15) is 6.61 Å². The van der Waals surface area contributed by atoms with Crippen LogP contribution in [0.2, 0.25) is 0 Å². The third-order valence-corrected chi connectivity index (χ3v) is 1.44. The summed E-state index contributed by atoms with van der Waals surface area (Å²) in [5.41, 5.74) is 0.